The lowest BCUT2D eigenvalue weighted by Crippen LogP contribution is -2.11. The van der Waals surface area contributed by atoms with Gasteiger partial charge in [-0.05, 0) is 18.9 Å². The molecular formula is C15H28N2OS. The lowest BCUT2D eigenvalue weighted by Gasteiger charge is -2.13. The fraction of sp³-hybridized carbons (Fsp3) is 0.800. The number of ether oxygens (including phenoxy) is 1. The van der Waals surface area contributed by atoms with Crippen molar-refractivity contribution >= 4 is 11.3 Å². The second-order valence-corrected chi connectivity index (χ2v) is 5.89. The summed E-state index contributed by atoms with van der Waals surface area (Å²) in [5.41, 5.74) is 1.07. The Kier molecular flexibility index (Phi) is 9.05. The van der Waals surface area contributed by atoms with Crippen molar-refractivity contribution in [2.24, 2.45) is 5.92 Å². The highest BCUT2D eigenvalue weighted by Crippen LogP contribution is 2.15. The summed E-state index contributed by atoms with van der Waals surface area (Å²) >= 11 is 1.71. The molecule has 0 amide bonds. The molecule has 0 radical (unpaired) electrons. The summed E-state index contributed by atoms with van der Waals surface area (Å²) in [6, 6.07) is 0. The Balaban J connectivity index is 2.22. The van der Waals surface area contributed by atoms with Gasteiger partial charge in [0, 0.05) is 18.5 Å². The van der Waals surface area contributed by atoms with Crippen LogP contribution >= 0.6 is 11.3 Å². The molecule has 0 saturated heterocycles. The van der Waals surface area contributed by atoms with Gasteiger partial charge < -0.3 is 10.1 Å². The average Bonchev–Trinajstić information content (AvgIpc) is 2.88. The SMILES string of the molecule is CCCCC(CC)COCc1csc(CNCC)n1. The van der Waals surface area contributed by atoms with Crippen LogP contribution in [0.2, 0.25) is 0 Å². The number of thiazole rings is 1. The first-order chi connectivity index (χ1) is 9.30. The van der Waals surface area contributed by atoms with E-state index in [2.05, 4.69) is 36.5 Å². The van der Waals surface area contributed by atoms with E-state index in [1.165, 1.54) is 25.7 Å². The van der Waals surface area contributed by atoms with Crippen molar-refractivity contribution in [3.63, 3.8) is 0 Å². The van der Waals surface area contributed by atoms with Crippen LogP contribution in [0.5, 0.6) is 0 Å². The van der Waals surface area contributed by atoms with E-state index in [1.807, 2.05) is 0 Å². The van der Waals surface area contributed by atoms with Gasteiger partial charge in [-0.3, -0.25) is 0 Å². The van der Waals surface area contributed by atoms with Crippen molar-refractivity contribution in [1.82, 2.24) is 10.3 Å². The number of rotatable bonds is 11. The van der Waals surface area contributed by atoms with Gasteiger partial charge in [-0.1, -0.05) is 40.0 Å². The Bertz CT molecular complexity index is 328. The summed E-state index contributed by atoms with van der Waals surface area (Å²) in [5, 5.41) is 6.55. The molecule has 0 aliphatic rings. The third-order valence-corrected chi connectivity index (χ3v) is 4.17. The molecule has 1 aromatic heterocycles. The van der Waals surface area contributed by atoms with Gasteiger partial charge in [0.05, 0.1) is 12.3 Å². The minimum atomic E-state index is 0.658. The Hall–Kier alpha value is -0.450. The molecule has 19 heavy (non-hydrogen) atoms. The van der Waals surface area contributed by atoms with Crippen LogP contribution in [0, 0.1) is 5.92 Å². The predicted molar refractivity (Wildman–Crippen MR) is 82.5 cm³/mol. The van der Waals surface area contributed by atoms with Gasteiger partial charge in [0.25, 0.3) is 0 Å². The molecule has 1 rings (SSSR count). The van der Waals surface area contributed by atoms with E-state index in [-0.39, 0.29) is 0 Å². The van der Waals surface area contributed by atoms with E-state index in [9.17, 15) is 0 Å². The van der Waals surface area contributed by atoms with Gasteiger partial charge in [-0.2, -0.15) is 0 Å². The highest BCUT2D eigenvalue weighted by Gasteiger charge is 2.07. The van der Waals surface area contributed by atoms with Crippen LogP contribution in [0.15, 0.2) is 5.38 Å². The number of hydrogen-bond donors (Lipinski definition) is 1. The Labute approximate surface area is 121 Å². The number of nitrogens with zero attached hydrogens (tertiary/aromatic N) is 1. The van der Waals surface area contributed by atoms with Crippen LogP contribution in [0.3, 0.4) is 0 Å². The second-order valence-electron chi connectivity index (χ2n) is 4.94. The summed E-state index contributed by atoms with van der Waals surface area (Å²) in [6.45, 7) is 9.99. The van der Waals surface area contributed by atoms with Crippen LogP contribution in [-0.4, -0.2) is 18.1 Å². The van der Waals surface area contributed by atoms with Gasteiger partial charge in [-0.15, -0.1) is 11.3 Å². The largest absolute Gasteiger partial charge is 0.375 e. The Morgan fingerprint density at radius 3 is 2.89 bits per heavy atom. The van der Waals surface area contributed by atoms with Crippen LogP contribution < -0.4 is 5.32 Å². The molecule has 1 unspecified atom stereocenters. The van der Waals surface area contributed by atoms with E-state index < -0.39 is 0 Å². The fourth-order valence-corrected chi connectivity index (χ4v) is 2.70. The van der Waals surface area contributed by atoms with Crippen molar-refractivity contribution in [3.05, 3.63) is 16.1 Å². The van der Waals surface area contributed by atoms with Crippen molar-refractivity contribution in [1.29, 1.82) is 0 Å². The van der Waals surface area contributed by atoms with E-state index in [0.717, 1.165) is 30.4 Å². The van der Waals surface area contributed by atoms with Gasteiger partial charge in [0.2, 0.25) is 0 Å². The van der Waals surface area contributed by atoms with Crippen molar-refractivity contribution in [3.8, 4) is 0 Å². The molecule has 4 heteroatoms. The molecular weight excluding hydrogens is 256 g/mol. The first-order valence-corrected chi connectivity index (χ1v) is 8.39. The molecule has 0 bridgehead atoms. The monoisotopic (exact) mass is 284 g/mol. The molecule has 1 heterocycles. The molecule has 1 aromatic rings. The van der Waals surface area contributed by atoms with Crippen LogP contribution in [-0.2, 0) is 17.9 Å². The molecule has 1 N–H and O–H groups in total. The molecule has 0 aromatic carbocycles. The van der Waals surface area contributed by atoms with Gasteiger partial charge in [-0.25, -0.2) is 4.98 Å². The van der Waals surface area contributed by atoms with Gasteiger partial charge in [0.15, 0.2) is 0 Å². The summed E-state index contributed by atoms with van der Waals surface area (Å²) in [7, 11) is 0. The van der Waals surface area contributed by atoms with Crippen LogP contribution in [0.1, 0.15) is 57.2 Å². The van der Waals surface area contributed by atoms with E-state index in [0.29, 0.717) is 12.5 Å². The van der Waals surface area contributed by atoms with Crippen LogP contribution in [0.25, 0.3) is 0 Å². The first-order valence-electron chi connectivity index (χ1n) is 7.51. The minimum Gasteiger partial charge on any atom is -0.375 e. The molecule has 0 aliphatic carbocycles. The first kappa shape index (κ1) is 16.6. The number of nitrogens with one attached hydrogen (secondary N) is 1. The third kappa shape index (κ3) is 7.04. The lowest BCUT2D eigenvalue weighted by atomic mass is 10.0. The normalized spacial score (nSPS) is 12.8. The van der Waals surface area contributed by atoms with E-state index in [1.54, 1.807) is 11.3 Å². The fourth-order valence-electron chi connectivity index (χ4n) is 1.96. The second kappa shape index (κ2) is 10.4. The Morgan fingerprint density at radius 1 is 1.37 bits per heavy atom. The standard InChI is InChI=1S/C15H28N2OS/c1-4-7-8-13(5-2)10-18-11-14-12-19-15(17-14)9-16-6-3/h12-13,16H,4-11H2,1-3H3. The summed E-state index contributed by atoms with van der Waals surface area (Å²) in [4.78, 5) is 4.56. The summed E-state index contributed by atoms with van der Waals surface area (Å²) in [6.07, 6.45) is 5.08. The maximum Gasteiger partial charge on any atom is 0.107 e. The zero-order valence-electron chi connectivity index (χ0n) is 12.6. The minimum absolute atomic E-state index is 0.658. The molecule has 0 fully saturated rings. The van der Waals surface area contributed by atoms with Crippen molar-refractivity contribution in [2.75, 3.05) is 13.2 Å². The average molecular weight is 284 g/mol. The molecule has 110 valence electrons. The summed E-state index contributed by atoms with van der Waals surface area (Å²) < 4.78 is 5.81. The van der Waals surface area contributed by atoms with Gasteiger partial charge in [0.1, 0.15) is 5.01 Å². The predicted octanol–water partition coefficient (Wildman–Crippen LogP) is 3.99. The molecule has 0 spiro atoms. The van der Waals surface area contributed by atoms with E-state index >= 15 is 0 Å². The lowest BCUT2D eigenvalue weighted by molar-refractivity contribution is 0.0801. The maximum atomic E-state index is 5.81. The van der Waals surface area contributed by atoms with Crippen LogP contribution in [0.4, 0.5) is 0 Å². The smallest absolute Gasteiger partial charge is 0.107 e. The van der Waals surface area contributed by atoms with Crippen molar-refractivity contribution in [2.45, 2.75) is 59.6 Å². The number of unbranched alkanes of at least 4 members (excludes halogenated alkanes) is 1. The highest BCUT2D eigenvalue weighted by molar-refractivity contribution is 7.09. The highest BCUT2D eigenvalue weighted by atomic mass is 32.1. The number of aromatic nitrogens is 1. The molecule has 3 nitrogen and oxygen atoms in total. The van der Waals surface area contributed by atoms with Gasteiger partial charge >= 0.3 is 0 Å². The third-order valence-electron chi connectivity index (χ3n) is 3.27. The van der Waals surface area contributed by atoms with Crippen molar-refractivity contribution < 1.29 is 4.74 Å². The number of hydrogen-bond acceptors (Lipinski definition) is 4. The maximum absolute atomic E-state index is 5.81. The zero-order chi connectivity index (χ0) is 13.9. The Morgan fingerprint density at radius 2 is 2.21 bits per heavy atom. The molecule has 1 atom stereocenters. The quantitative estimate of drug-likeness (QED) is 0.667. The topological polar surface area (TPSA) is 34.1 Å². The zero-order valence-corrected chi connectivity index (χ0v) is 13.4. The van der Waals surface area contributed by atoms with E-state index in [4.69, 9.17) is 4.74 Å². The molecule has 0 saturated carbocycles. The molecule has 0 aliphatic heterocycles. The summed E-state index contributed by atoms with van der Waals surface area (Å²) in [5.74, 6) is 0.708.